The predicted molar refractivity (Wildman–Crippen MR) is 151 cm³/mol. The number of benzene rings is 2. The van der Waals surface area contributed by atoms with E-state index < -0.39 is 35.4 Å². The van der Waals surface area contributed by atoms with Crippen LogP contribution in [0.1, 0.15) is 27.9 Å². The number of thiazole rings is 1. The summed E-state index contributed by atoms with van der Waals surface area (Å²) in [7, 11) is 0. The van der Waals surface area contributed by atoms with Crippen molar-refractivity contribution >= 4 is 45.8 Å². The number of carbonyl (C=O) groups excluding carboxylic acids is 1. The lowest BCUT2D eigenvalue weighted by Crippen LogP contribution is -2.24. The van der Waals surface area contributed by atoms with Gasteiger partial charge in [-0.25, -0.2) is 14.4 Å². The van der Waals surface area contributed by atoms with E-state index in [1.165, 1.54) is 23.7 Å². The number of halogens is 5. The topological polar surface area (TPSA) is 95.4 Å². The smallest absolute Gasteiger partial charge is 0.419 e. The molecule has 2 atom stereocenters. The number of carbonyl (C=O) groups is 2. The van der Waals surface area contributed by atoms with Crippen molar-refractivity contribution in [2.24, 2.45) is 11.8 Å². The molecule has 1 saturated heterocycles. The lowest BCUT2D eigenvalue weighted by molar-refractivity contribution is -0.142. The molecular weight excluding hydrogens is 596 g/mol. The van der Waals surface area contributed by atoms with Crippen LogP contribution in [0, 0.1) is 17.7 Å². The number of aliphatic carboxylic acids is 1. The molecule has 0 spiro atoms. The maximum absolute atomic E-state index is 14.5. The van der Waals surface area contributed by atoms with E-state index in [9.17, 15) is 32.3 Å². The number of aromatic nitrogens is 2. The standard InChI is InChI=1S/C29H23ClF4N4O3S/c30-22-11-18(26(39)37-28-36-23(15-42-28)19-7-4-8-21(24(19)31)29(32,33)34)12-35-25(22)38-13-17(20(14-38)27(40)41)10-9-16-5-2-1-3-6-16/h1-8,11-12,15,17,20H,9-10,13-14H2,(H,40,41)(H,36,37,39)/t17-,20-/m0/s1. The number of aryl methyl sites for hydroxylation is 1. The van der Waals surface area contributed by atoms with Crippen molar-refractivity contribution in [3.8, 4) is 11.3 Å². The largest absolute Gasteiger partial charge is 0.481 e. The van der Waals surface area contributed by atoms with Crippen molar-refractivity contribution < 1.29 is 32.3 Å². The average molecular weight is 619 g/mol. The van der Waals surface area contributed by atoms with Crippen molar-refractivity contribution in [1.82, 2.24) is 9.97 Å². The lowest BCUT2D eigenvalue weighted by Gasteiger charge is -2.19. The van der Waals surface area contributed by atoms with Crippen molar-refractivity contribution in [3.05, 3.63) is 93.7 Å². The Morgan fingerprint density at radius 2 is 1.88 bits per heavy atom. The first-order valence-electron chi connectivity index (χ1n) is 12.8. The highest BCUT2D eigenvalue weighted by atomic mass is 35.5. The summed E-state index contributed by atoms with van der Waals surface area (Å²) in [6.45, 7) is 0.664. The molecule has 0 aliphatic carbocycles. The number of anilines is 2. The van der Waals surface area contributed by atoms with Gasteiger partial charge in [-0.05, 0) is 42.5 Å². The summed E-state index contributed by atoms with van der Waals surface area (Å²) in [5, 5.41) is 13.9. The first-order chi connectivity index (χ1) is 20.0. The number of nitrogens with one attached hydrogen (secondary N) is 1. The minimum absolute atomic E-state index is 0.0390. The Hall–Kier alpha value is -4.03. The summed E-state index contributed by atoms with van der Waals surface area (Å²) in [4.78, 5) is 35.0. The fraction of sp³-hybridized carbons (Fsp3) is 0.241. The summed E-state index contributed by atoms with van der Waals surface area (Å²) < 4.78 is 53.8. The molecule has 1 fully saturated rings. The van der Waals surface area contributed by atoms with Crippen molar-refractivity contribution in [2.75, 3.05) is 23.3 Å². The molecule has 2 aromatic heterocycles. The van der Waals surface area contributed by atoms with Gasteiger partial charge in [0.1, 0.15) is 11.6 Å². The van der Waals surface area contributed by atoms with Crippen LogP contribution in [0.4, 0.5) is 28.5 Å². The van der Waals surface area contributed by atoms with E-state index in [0.717, 1.165) is 29.4 Å². The van der Waals surface area contributed by atoms with Gasteiger partial charge in [-0.1, -0.05) is 48.0 Å². The van der Waals surface area contributed by atoms with E-state index in [1.807, 2.05) is 30.3 Å². The van der Waals surface area contributed by atoms with Crippen molar-refractivity contribution in [1.29, 1.82) is 0 Å². The number of hydrogen-bond acceptors (Lipinski definition) is 6. The zero-order valence-corrected chi connectivity index (χ0v) is 23.3. The molecule has 0 unspecified atom stereocenters. The molecule has 2 N–H and O–H groups in total. The highest BCUT2D eigenvalue weighted by molar-refractivity contribution is 7.14. The third-order valence-electron chi connectivity index (χ3n) is 7.09. The predicted octanol–water partition coefficient (Wildman–Crippen LogP) is 7.04. The monoisotopic (exact) mass is 618 g/mol. The van der Waals surface area contributed by atoms with Gasteiger partial charge in [0, 0.05) is 30.2 Å². The number of nitrogens with zero attached hydrogens (tertiary/aromatic N) is 3. The molecule has 0 bridgehead atoms. The van der Waals surface area contributed by atoms with Crippen LogP contribution >= 0.6 is 22.9 Å². The molecule has 1 amide bonds. The number of alkyl halides is 3. The summed E-state index contributed by atoms with van der Waals surface area (Å²) in [6, 6.07) is 14.1. The molecule has 3 heterocycles. The van der Waals surface area contributed by atoms with Crippen molar-refractivity contribution in [2.45, 2.75) is 19.0 Å². The lowest BCUT2D eigenvalue weighted by atomic mass is 9.90. The van der Waals surface area contributed by atoms with Crippen LogP contribution in [0.15, 0.2) is 66.2 Å². The Balaban J connectivity index is 1.27. The summed E-state index contributed by atoms with van der Waals surface area (Å²) in [5.74, 6) is -3.34. The Morgan fingerprint density at radius 3 is 2.57 bits per heavy atom. The molecule has 7 nitrogen and oxygen atoms in total. The highest BCUT2D eigenvalue weighted by Gasteiger charge is 2.39. The molecule has 218 valence electrons. The van der Waals surface area contributed by atoms with Gasteiger partial charge in [-0.15, -0.1) is 11.3 Å². The highest BCUT2D eigenvalue weighted by Crippen LogP contribution is 2.37. The maximum atomic E-state index is 14.5. The van der Waals surface area contributed by atoms with Crippen LogP contribution < -0.4 is 10.2 Å². The number of hydrogen-bond donors (Lipinski definition) is 2. The molecule has 13 heteroatoms. The second-order valence-electron chi connectivity index (χ2n) is 9.82. The fourth-order valence-electron chi connectivity index (χ4n) is 4.97. The molecular formula is C29H23ClF4N4O3S. The van der Waals surface area contributed by atoms with Gasteiger partial charge in [-0.3, -0.25) is 14.9 Å². The number of rotatable bonds is 8. The SMILES string of the molecule is O=C(Nc1nc(-c2cccc(C(F)(F)F)c2F)cs1)c1cnc(N2C[C@H](CCc3ccccc3)[C@@H](C(=O)O)C2)c(Cl)c1. The zero-order valence-electron chi connectivity index (χ0n) is 21.7. The van der Waals surface area contributed by atoms with Crippen LogP contribution in [0.2, 0.25) is 5.02 Å². The number of carboxylic acids is 1. The molecule has 1 aliphatic heterocycles. The van der Waals surface area contributed by atoms with Gasteiger partial charge in [0.15, 0.2) is 5.13 Å². The normalized spacial score (nSPS) is 16.9. The fourth-order valence-corrected chi connectivity index (χ4v) is 5.97. The minimum atomic E-state index is -4.86. The zero-order chi connectivity index (χ0) is 30.0. The van der Waals surface area contributed by atoms with Crippen LogP contribution in [0.5, 0.6) is 0 Å². The van der Waals surface area contributed by atoms with Crippen LogP contribution in [0.25, 0.3) is 11.3 Å². The van der Waals surface area contributed by atoms with Gasteiger partial charge in [0.25, 0.3) is 5.91 Å². The quantitative estimate of drug-likeness (QED) is 0.206. The van der Waals surface area contributed by atoms with Crippen LogP contribution in [-0.4, -0.2) is 40.0 Å². The van der Waals surface area contributed by atoms with Gasteiger partial charge in [0.2, 0.25) is 0 Å². The second kappa shape index (κ2) is 12.1. The van der Waals surface area contributed by atoms with E-state index in [0.29, 0.717) is 24.8 Å². The average Bonchev–Trinajstić information content (AvgIpc) is 3.59. The first-order valence-corrected chi connectivity index (χ1v) is 14.1. The Labute approximate surface area is 246 Å². The van der Waals surface area contributed by atoms with Gasteiger partial charge in [0.05, 0.1) is 27.8 Å². The molecule has 2 aromatic carbocycles. The Kier molecular flexibility index (Phi) is 8.46. The molecule has 0 radical (unpaired) electrons. The number of pyridine rings is 1. The summed E-state index contributed by atoms with van der Waals surface area (Å²) >= 11 is 7.39. The van der Waals surface area contributed by atoms with E-state index in [1.54, 1.807) is 4.90 Å². The van der Waals surface area contributed by atoms with E-state index in [2.05, 4.69) is 15.3 Å². The molecule has 0 saturated carbocycles. The maximum Gasteiger partial charge on any atom is 0.419 e. The van der Waals surface area contributed by atoms with Crippen LogP contribution in [0.3, 0.4) is 0 Å². The molecule has 42 heavy (non-hydrogen) atoms. The van der Waals surface area contributed by atoms with Crippen LogP contribution in [-0.2, 0) is 17.4 Å². The van der Waals surface area contributed by atoms with E-state index in [-0.39, 0.29) is 39.4 Å². The summed E-state index contributed by atoms with van der Waals surface area (Å²) in [5.41, 5.74) is -0.605. The molecule has 4 aromatic rings. The minimum Gasteiger partial charge on any atom is -0.481 e. The first kappa shape index (κ1) is 29.5. The van der Waals surface area contributed by atoms with E-state index >= 15 is 0 Å². The van der Waals surface area contributed by atoms with Gasteiger partial charge < -0.3 is 10.0 Å². The Morgan fingerprint density at radius 1 is 1.12 bits per heavy atom. The second-order valence-corrected chi connectivity index (χ2v) is 11.1. The molecule has 5 rings (SSSR count). The summed E-state index contributed by atoms with van der Waals surface area (Å²) in [6.07, 6.45) is -2.15. The molecule has 1 aliphatic rings. The number of amides is 1. The van der Waals surface area contributed by atoms with Gasteiger partial charge >= 0.3 is 12.1 Å². The van der Waals surface area contributed by atoms with Gasteiger partial charge in [-0.2, -0.15) is 13.2 Å². The third-order valence-corrected chi connectivity index (χ3v) is 8.13. The Bertz CT molecular complexity index is 1620. The van der Waals surface area contributed by atoms with E-state index in [4.69, 9.17) is 11.6 Å². The van der Waals surface area contributed by atoms with Crippen molar-refractivity contribution in [3.63, 3.8) is 0 Å². The third kappa shape index (κ3) is 6.39. The number of carboxylic acid groups (broad SMARTS) is 1.